The summed E-state index contributed by atoms with van der Waals surface area (Å²) in [5.41, 5.74) is 2.97. The van der Waals surface area contributed by atoms with Crippen molar-refractivity contribution in [3.8, 4) is 28.3 Å². The second-order valence-electron chi connectivity index (χ2n) is 11.0. The predicted octanol–water partition coefficient (Wildman–Crippen LogP) is 4.85. The molecule has 2 fully saturated rings. The number of hydrogen-bond donors (Lipinski definition) is 2. The lowest BCUT2D eigenvalue weighted by Gasteiger charge is -2.25. The zero-order valence-electron chi connectivity index (χ0n) is 23.3. The first-order valence-corrected chi connectivity index (χ1v) is 13.9. The molecule has 0 radical (unpaired) electrons. The molecule has 11 heteroatoms. The van der Waals surface area contributed by atoms with Crippen LogP contribution in [0.3, 0.4) is 0 Å². The van der Waals surface area contributed by atoms with Crippen LogP contribution >= 0.6 is 0 Å². The molecule has 2 aliphatic rings. The molecule has 6 rings (SSSR count). The Bertz CT molecular complexity index is 1520. The van der Waals surface area contributed by atoms with Crippen LogP contribution in [0.15, 0.2) is 55.1 Å². The molecular formula is C30H34FN7O3. The van der Waals surface area contributed by atoms with Crippen molar-refractivity contribution in [2.24, 2.45) is 5.41 Å². The summed E-state index contributed by atoms with van der Waals surface area (Å²) < 4.78 is 27.6. The Labute approximate surface area is 238 Å². The predicted molar refractivity (Wildman–Crippen MR) is 154 cm³/mol. The molecule has 214 valence electrons. The van der Waals surface area contributed by atoms with E-state index in [0.29, 0.717) is 23.4 Å². The maximum Gasteiger partial charge on any atom is 0.168 e. The topological polar surface area (TPSA) is 110 Å². The van der Waals surface area contributed by atoms with Crippen LogP contribution in [0, 0.1) is 11.2 Å². The molecule has 3 aromatic heterocycles. The molecule has 2 saturated heterocycles. The molecule has 5 heterocycles. The number of rotatable bonds is 8. The van der Waals surface area contributed by atoms with E-state index in [-0.39, 0.29) is 23.4 Å². The van der Waals surface area contributed by atoms with Gasteiger partial charge in [-0.15, -0.1) is 0 Å². The van der Waals surface area contributed by atoms with Gasteiger partial charge in [-0.3, -0.25) is 4.68 Å². The fraction of sp³-hybridized carbons (Fsp3) is 0.400. The van der Waals surface area contributed by atoms with Gasteiger partial charge in [0.1, 0.15) is 23.2 Å². The van der Waals surface area contributed by atoms with Crippen molar-refractivity contribution in [2.45, 2.75) is 32.2 Å². The zero-order valence-corrected chi connectivity index (χ0v) is 23.3. The van der Waals surface area contributed by atoms with Gasteiger partial charge in [0.2, 0.25) is 0 Å². The van der Waals surface area contributed by atoms with E-state index in [1.165, 1.54) is 13.2 Å². The Hall–Kier alpha value is -4.09. The maximum atomic E-state index is 14.7. The van der Waals surface area contributed by atoms with Crippen LogP contribution in [0.4, 0.5) is 21.7 Å². The molecule has 10 nitrogen and oxygen atoms in total. The molecule has 0 amide bonds. The van der Waals surface area contributed by atoms with E-state index in [2.05, 4.69) is 38.4 Å². The maximum absolute atomic E-state index is 14.7. The molecule has 2 N–H and O–H groups in total. The highest BCUT2D eigenvalue weighted by atomic mass is 19.1. The third-order valence-corrected chi connectivity index (χ3v) is 7.97. The molecule has 0 aliphatic carbocycles. The van der Waals surface area contributed by atoms with Crippen molar-refractivity contribution >= 4 is 17.3 Å². The van der Waals surface area contributed by atoms with Gasteiger partial charge in [-0.1, -0.05) is 13.0 Å². The first-order valence-electron chi connectivity index (χ1n) is 13.9. The molecule has 0 bridgehead atoms. The van der Waals surface area contributed by atoms with Gasteiger partial charge in [0.15, 0.2) is 5.82 Å². The monoisotopic (exact) mass is 559 g/mol. The van der Waals surface area contributed by atoms with Crippen LogP contribution in [0.2, 0.25) is 0 Å². The largest absolute Gasteiger partial charge is 0.496 e. The fourth-order valence-corrected chi connectivity index (χ4v) is 5.55. The van der Waals surface area contributed by atoms with Crippen molar-refractivity contribution in [1.29, 1.82) is 0 Å². The van der Waals surface area contributed by atoms with E-state index < -0.39 is 5.82 Å². The fourth-order valence-electron chi connectivity index (χ4n) is 5.55. The van der Waals surface area contributed by atoms with Crippen molar-refractivity contribution in [3.63, 3.8) is 0 Å². The number of methoxy groups -OCH3 is 1. The standard InChI is InChI=1S/C30H34FN7O3/c1-30(19-39)9-11-37(18-30)24-14-27(33-16-22(24)20-15-34-38(17-20)21-7-12-41-13-8-21)35-26-6-10-32-29(36-26)28-23(31)4-3-5-25(28)40-2/h3-6,10,14-17,21,39H,7-9,11-13,18-19H2,1-2H3,(H,32,33,35,36). The quantitative estimate of drug-likeness (QED) is 0.313. The third-order valence-electron chi connectivity index (χ3n) is 7.97. The van der Waals surface area contributed by atoms with E-state index in [1.807, 2.05) is 23.1 Å². The van der Waals surface area contributed by atoms with Crippen molar-refractivity contribution < 1.29 is 19.0 Å². The number of pyridine rings is 1. The first-order chi connectivity index (χ1) is 20.0. The number of nitrogens with zero attached hydrogens (tertiary/aromatic N) is 6. The summed E-state index contributed by atoms with van der Waals surface area (Å²) >= 11 is 0. The van der Waals surface area contributed by atoms with Gasteiger partial charge in [-0.2, -0.15) is 5.10 Å². The lowest BCUT2D eigenvalue weighted by molar-refractivity contribution is 0.0662. The number of halogens is 1. The molecule has 1 unspecified atom stereocenters. The minimum atomic E-state index is -0.464. The second-order valence-corrected chi connectivity index (χ2v) is 11.0. The SMILES string of the molecule is COc1cccc(F)c1-c1nccc(Nc2cc(N3CCC(C)(CO)C3)c(-c3cnn(C4CCOCC4)c3)cn2)n1. The van der Waals surface area contributed by atoms with E-state index in [9.17, 15) is 9.50 Å². The summed E-state index contributed by atoms with van der Waals surface area (Å²) in [7, 11) is 1.49. The summed E-state index contributed by atoms with van der Waals surface area (Å²) in [4.78, 5) is 15.8. The smallest absolute Gasteiger partial charge is 0.168 e. The number of aliphatic hydroxyl groups is 1. The number of ether oxygens (including phenoxy) is 2. The number of aromatic nitrogens is 5. The van der Waals surface area contributed by atoms with Crippen LogP contribution in [0.25, 0.3) is 22.5 Å². The van der Waals surface area contributed by atoms with Gasteiger partial charge in [0, 0.05) is 73.2 Å². The van der Waals surface area contributed by atoms with Crippen molar-refractivity contribution in [3.05, 3.63) is 60.9 Å². The van der Waals surface area contributed by atoms with E-state index >= 15 is 0 Å². The Kier molecular flexibility index (Phi) is 7.55. The second kappa shape index (κ2) is 11.4. The molecule has 4 aromatic rings. The average Bonchev–Trinajstić information content (AvgIpc) is 3.65. The lowest BCUT2D eigenvalue weighted by atomic mass is 9.91. The Morgan fingerprint density at radius 2 is 2.02 bits per heavy atom. The number of nitrogens with one attached hydrogen (secondary N) is 1. The number of benzene rings is 1. The van der Waals surface area contributed by atoms with Crippen LogP contribution in [-0.2, 0) is 4.74 Å². The number of hydrogen-bond acceptors (Lipinski definition) is 9. The van der Waals surface area contributed by atoms with E-state index in [0.717, 1.165) is 62.4 Å². The molecule has 1 atom stereocenters. The molecule has 0 spiro atoms. The van der Waals surface area contributed by atoms with Crippen LogP contribution in [0.1, 0.15) is 32.2 Å². The van der Waals surface area contributed by atoms with E-state index in [1.54, 1.807) is 24.4 Å². The summed E-state index contributed by atoms with van der Waals surface area (Å²) in [6, 6.07) is 8.64. The lowest BCUT2D eigenvalue weighted by Crippen LogP contribution is -2.27. The summed E-state index contributed by atoms with van der Waals surface area (Å²) in [5, 5.41) is 18.0. The highest BCUT2D eigenvalue weighted by Gasteiger charge is 2.34. The van der Waals surface area contributed by atoms with Gasteiger partial charge < -0.3 is 24.8 Å². The molecule has 0 saturated carbocycles. The van der Waals surface area contributed by atoms with Crippen molar-refractivity contribution in [2.75, 3.05) is 50.2 Å². The van der Waals surface area contributed by atoms with E-state index in [4.69, 9.17) is 14.5 Å². The zero-order chi connectivity index (χ0) is 28.4. The van der Waals surface area contributed by atoms with Crippen molar-refractivity contribution in [1.82, 2.24) is 24.7 Å². The Balaban J connectivity index is 1.33. The third kappa shape index (κ3) is 5.59. The highest BCUT2D eigenvalue weighted by molar-refractivity contribution is 5.80. The van der Waals surface area contributed by atoms with Gasteiger partial charge in [0.05, 0.1) is 31.5 Å². The molecule has 2 aliphatic heterocycles. The molecule has 1 aromatic carbocycles. The van der Waals surface area contributed by atoms with Gasteiger partial charge in [-0.25, -0.2) is 19.3 Å². The average molecular weight is 560 g/mol. The van der Waals surface area contributed by atoms with Gasteiger partial charge in [0.25, 0.3) is 0 Å². The normalized spacial score (nSPS) is 19.5. The minimum Gasteiger partial charge on any atom is -0.496 e. The highest BCUT2D eigenvalue weighted by Crippen LogP contribution is 2.39. The summed E-state index contributed by atoms with van der Waals surface area (Å²) in [6.45, 7) is 5.25. The van der Waals surface area contributed by atoms with Crippen LogP contribution < -0.4 is 15.0 Å². The van der Waals surface area contributed by atoms with Gasteiger partial charge >= 0.3 is 0 Å². The molecular weight excluding hydrogens is 525 g/mol. The number of aliphatic hydroxyl groups excluding tert-OH is 1. The first kappa shape index (κ1) is 27.1. The Morgan fingerprint density at radius 3 is 2.80 bits per heavy atom. The Morgan fingerprint density at radius 1 is 1.17 bits per heavy atom. The number of anilines is 3. The minimum absolute atomic E-state index is 0.125. The van der Waals surface area contributed by atoms with Crippen LogP contribution in [-0.4, -0.2) is 69.9 Å². The van der Waals surface area contributed by atoms with Crippen LogP contribution in [0.5, 0.6) is 5.75 Å². The summed E-state index contributed by atoms with van der Waals surface area (Å²) in [5.74, 6) is 1.16. The molecule has 41 heavy (non-hydrogen) atoms. The van der Waals surface area contributed by atoms with Gasteiger partial charge in [-0.05, 0) is 37.5 Å². The summed E-state index contributed by atoms with van der Waals surface area (Å²) in [6.07, 6.45) is 10.2.